The fraction of sp³-hybridized carbons (Fsp3) is 0.556. The van der Waals surface area contributed by atoms with Crippen molar-refractivity contribution in [2.75, 3.05) is 26.2 Å². The van der Waals surface area contributed by atoms with Crippen LogP contribution in [0, 0.1) is 0 Å². The van der Waals surface area contributed by atoms with Crippen molar-refractivity contribution in [2.24, 2.45) is 0 Å². The second-order valence-corrected chi connectivity index (χ2v) is 9.67. The summed E-state index contributed by atoms with van der Waals surface area (Å²) in [5.74, 6) is 0.299. The summed E-state index contributed by atoms with van der Waals surface area (Å²) in [6.45, 7) is 6.39. The highest BCUT2D eigenvalue weighted by atomic mass is 79.9. The molecule has 5 nitrogen and oxygen atoms in total. The van der Waals surface area contributed by atoms with Gasteiger partial charge >= 0.3 is 0 Å². The van der Waals surface area contributed by atoms with Crippen molar-refractivity contribution in [2.45, 2.75) is 70.8 Å². The van der Waals surface area contributed by atoms with Gasteiger partial charge in [-0.2, -0.15) is 0 Å². The molecule has 0 fully saturated rings. The van der Waals surface area contributed by atoms with Gasteiger partial charge < -0.3 is 25.5 Å². The van der Waals surface area contributed by atoms with Crippen molar-refractivity contribution >= 4 is 45.6 Å². The van der Waals surface area contributed by atoms with Crippen molar-refractivity contribution in [1.29, 1.82) is 0 Å². The van der Waals surface area contributed by atoms with Crippen LogP contribution in [0.4, 0.5) is 0 Å². The molecule has 4 N–H and O–H groups in total. The van der Waals surface area contributed by atoms with Gasteiger partial charge in [0.25, 0.3) is 0 Å². The highest BCUT2D eigenvalue weighted by Crippen LogP contribution is 2.36. The van der Waals surface area contributed by atoms with Gasteiger partial charge in [0, 0.05) is 16.6 Å². The predicted octanol–water partition coefficient (Wildman–Crippen LogP) is 6.57. The van der Waals surface area contributed by atoms with Gasteiger partial charge in [-0.1, -0.05) is 37.4 Å². The highest BCUT2D eigenvalue weighted by molar-refractivity contribution is 8.93. The van der Waals surface area contributed by atoms with Crippen LogP contribution >= 0.6 is 45.6 Å². The Morgan fingerprint density at radius 3 is 2.49 bits per heavy atom. The first-order valence-corrected chi connectivity index (χ1v) is 12.8. The molecular formula is C27H41Br2ClN2O3. The lowest BCUT2D eigenvalue weighted by Crippen LogP contribution is -2.40. The van der Waals surface area contributed by atoms with Gasteiger partial charge in [-0.15, -0.1) is 34.0 Å². The van der Waals surface area contributed by atoms with Crippen LogP contribution in [-0.4, -0.2) is 52.4 Å². The van der Waals surface area contributed by atoms with E-state index in [2.05, 4.69) is 17.1 Å². The fourth-order valence-electron chi connectivity index (χ4n) is 4.93. The first-order chi connectivity index (χ1) is 16.0. The van der Waals surface area contributed by atoms with E-state index in [-0.39, 0.29) is 51.2 Å². The van der Waals surface area contributed by atoms with Crippen molar-refractivity contribution in [3.63, 3.8) is 0 Å². The summed E-state index contributed by atoms with van der Waals surface area (Å²) in [4.78, 5) is 2.63. The molecule has 1 unspecified atom stereocenters. The summed E-state index contributed by atoms with van der Waals surface area (Å²) in [7, 11) is 0. The zero-order valence-corrected chi connectivity index (χ0v) is 24.8. The van der Waals surface area contributed by atoms with Gasteiger partial charge in [-0.25, -0.2) is 0 Å². The van der Waals surface area contributed by atoms with E-state index in [1.54, 1.807) is 18.2 Å². The van der Waals surface area contributed by atoms with E-state index in [1.165, 1.54) is 31.2 Å². The van der Waals surface area contributed by atoms with Crippen LogP contribution in [-0.2, 0) is 19.3 Å². The van der Waals surface area contributed by atoms with Crippen LogP contribution in [0.1, 0.15) is 62.1 Å². The Bertz CT molecular complexity index is 881. The van der Waals surface area contributed by atoms with Crippen molar-refractivity contribution in [1.82, 2.24) is 10.2 Å². The maximum absolute atomic E-state index is 10.1. The Balaban J connectivity index is 0.00000306. The molecule has 1 aliphatic rings. The SMILES string of the molecule is Br.Br.CCCN(CCCCCCNCCc1cc(O)cc(Cl)c1)C1CCc2c(ccc(O)c2O)C1. The molecular weight excluding hydrogens is 596 g/mol. The minimum Gasteiger partial charge on any atom is -0.508 e. The number of unbranched alkanes of at least 4 members (excludes halogenated alkanes) is 3. The number of hydrogen-bond donors (Lipinski definition) is 4. The zero-order valence-electron chi connectivity index (χ0n) is 20.6. The second-order valence-electron chi connectivity index (χ2n) is 9.24. The molecule has 1 aliphatic carbocycles. The van der Waals surface area contributed by atoms with Gasteiger partial charge in [-0.05, 0) is 107 Å². The normalized spacial score (nSPS) is 14.8. The zero-order chi connectivity index (χ0) is 23.6. The summed E-state index contributed by atoms with van der Waals surface area (Å²) < 4.78 is 0. The van der Waals surface area contributed by atoms with Crippen molar-refractivity contribution in [3.8, 4) is 17.2 Å². The van der Waals surface area contributed by atoms with E-state index in [4.69, 9.17) is 11.6 Å². The molecule has 2 aromatic carbocycles. The van der Waals surface area contributed by atoms with Gasteiger partial charge in [0.2, 0.25) is 0 Å². The average molecular weight is 637 g/mol. The first kappa shape index (κ1) is 32.0. The Morgan fingerprint density at radius 2 is 1.74 bits per heavy atom. The monoisotopic (exact) mass is 634 g/mol. The largest absolute Gasteiger partial charge is 0.508 e. The molecule has 0 saturated heterocycles. The van der Waals surface area contributed by atoms with Crippen molar-refractivity contribution in [3.05, 3.63) is 52.0 Å². The standard InChI is InChI=1S/C27H39ClN2O3.2BrH/c1-2-14-30(23-8-9-25-21(18-23)7-10-26(32)27(25)33)15-6-4-3-5-12-29-13-11-20-16-22(28)19-24(31)17-20;;/h7,10,16-17,19,23,29,31-33H,2-6,8-9,11-15,18H2,1H3;2*1H. The van der Waals surface area contributed by atoms with E-state index in [9.17, 15) is 15.3 Å². The number of phenolic OH excluding ortho intramolecular Hbond substituents is 3. The van der Waals surface area contributed by atoms with Gasteiger partial charge in [-0.3, -0.25) is 0 Å². The predicted molar refractivity (Wildman–Crippen MR) is 156 cm³/mol. The molecule has 1 atom stereocenters. The van der Waals surface area contributed by atoms with Crippen molar-refractivity contribution < 1.29 is 15.3 Å². The highest BCUT2D eigenvalue weighted by Gasteiger charge is 2.26. The minimum atomic E-state index is -0.00383. The number of hydrogen-bond acceptors (Lipinski definition) is 5. The van der Waals surface area contributed by atoms with Crippen LogP contribution in [0.3, 0.4) is 0 Å². The summed E-state index contributed by atoms with van der Waals surface area (Å²) >= 11 is 5.98. The smallest absolute Gasteiger partial charge is 0.160 e. The number of fused-ring (bicyclic) bond motifs is 1. The van der Waals surface area contributed by atoms with E-state index in [1.807, 2.05) is 12.1 Å². The van der Waals surface area contributed by atoms with Gasteiger partial charge in [0.05, 0.1) is 0 Å². The van der Waals surface area contributed by atoms with E-state index in [0.717, 1.165) is 69.4 Å². The quantitative estimate of drug-likeness (QED) is 0.148. The number of aromatic hydroxyl groups is 3. The maximum atomic E-state index is 10.1. The number of halogens is 3. The maximum Gasteiger partial charge on any atom is 0.160 e. The molecule has 0 spiro atoms. The summed E-state index contributed by atoms with van der Waals surface area (Å²) in [6.07, 6.45) is 9.70. The average Bonchev–Trinajstić information content (AvgIpc) is 2.79. The molecule has 3 rings (SSSR count). The molecule has 198 valence electrons. The Hall–Kier alpha value is -0.990. The molecule has 0 bridgehead atoms. The Labute approximate surface area is 236 Å². The molecule has 35 heavy (non-hydrogen) atoms. The molecule has 0 aromatic heterocycles. The third-order valence-corrected chi connectivity index (χ3v) is 6.87. The molecule has 0 heterocycles. The molecule has 0 aliphatic heterocycles. The Kier molecular flexibility index (Phi) is 15.3. The summed E-state index contributed by atoms with van der Waals surface area (Å²) in [5, 5.41) is 33.6. The number of nitrogens with zero attached hydrogens (tertiary/aromatic N) is 1. The second kappa shape index (κ2) is 16.7. The topological polar surface area (TPSA) is 76.0 Å². The molecule has 0 saturated carbocycles. The third kappa shape index (κ3) is 10.1. The fourth-order valence-corrected chi connectivity index (χ4v) is 5.18. The third-order valence-electron chi connectivity index (χ3n) is 6.65. The van der Waals surface area contributed by atoms with Crippen LogP contribution in [0.5, 0.6) is 17.2 Å². The lowest BCUT2D eigenvalue weighted by molar-refractivity contribution is 0.175. The summed E-state index contributed by atoms with van der Waals surface area (Å²) in [5.41, 5.74) is 3.17. The lowest BCUT2D eigenvalue weighted by atomic mass is 9.86. The first-order valence-electron chi connectivity index (χ1n) is 12.4. The number of rotatable bonds is 13. The van der Waals surface area contributed by atoms with Gasteiger partial charge in [0.1, 0.15) is 5.75 Å². The van der Waals surface area contributed by atoms with E-state index < -0.39 is 0 Å². The van der Waals surface area contributed by atoms with Crippen LogP contribution in [0.15, 0.2) is 30.3 Å². The van der Waals surface area contributed by atoms with E-state index in [0.29, 0.717) is 11.1 Å². The number of phenols is 3. The molecule has 8 heteroatoms. The Morgan fingerprint density at radius 1 is 0.971 bits per heavy atom. The van der Waals surface area contributed by atoms with Crippen LogP contribution in [0.25, 0.3) is 0 Å². The van der Waals surface area contributed by atoms with Crippen LogP contribution in [0.2, 0.25) is 5.02 Å². The van der Waals surface area contributed by atoms with E-state index >= 15 is 0 Å². The van der Waals surface area contributed by atoms with Crippen LogP contribution < -0.4 is 5.32 Å². The summed E-state index contributed by atoms with van der Waals surface area (Å²) in [6, 6.07) is 9.35. The molecule has 0 amide bonds. The molecule has 2 aromatic rings. The minimum absolute atomic E-state index is 0. The molecule has 0 radical (unpaired) electrons. The lowest BCUT2D eigenvalue weighted by Gasteiger charge is -2.35. The number of benzene rings is 2. The van der Waals surface area contributed by atoms with Gasteiger partial charge in [0.15, 0.2) is 11.5 Å². The number of nitrogens with one attached hydrogen (secondary N) is 1.